The zero-order valence-corrected chi connectivity index (χ0v) is 18.7. The molecular weight excluding hydrogens is 439 g/mol. The van der Waals surface area contributed by atoms with Crippen molar-refractivity contribution in [2.24, 2.45) is 11.3 Å². The molecule has 4 rings (SSSR count). The maximum absolute atomic E-state index is 13.8. The number of aliphatic carboxylic acids is 1. The van der Waals surface area contributed by atoms with Crippen molar-refractivity contribution >= 4 is 11.9 Å². The van der Waals surface area contributed by atoms with Crippen LogP contribution in [0.15, 0.2) is 12.3 Å². The lowest BCUT2D eigenvalue weighted by Gasteiger charge is -2.39. The molecule has 33 heavy (non-hydrogen) atoms. The summed E-state index contributed by atoms with van der Waals surface area (Å²) in [6.45, 7) is 3.26. The average molecular weight is 470 g/mol. The fraction of sp³-hybridized carbons (Fsp3) is 0.696. The van der Waals surface area contributed by atoms with Crippen LogP contribution in [-0.4, -0.2) is 58.7 Å². The fourth-order valence-corrected chi connectivity index (χ4v) is 5.49. The molecule has 1 aromatic rings. The molecule has 1 unspecified atom stereocenters. The number of aromatic nitrogens is 1. The first kappa shape index (κ1) is 23.9. The van der Waals surface area contributed by atoms with Crippen molar-refractivity contribution in [2.45, 2.75) is 70.3 Å². The number of carbonyl (C=O) groups is 2. The summed E-state index contributed by atoms with van der Waals surface area (Å²) < 4.78 is 44.8. The molecule has 1 aromatic heterocycles. The minimum atomic E-state index is -4.51. The molecule has 10 heteroatoms. The third kappa shape index (κ3) is 4.87. The van der Waals surface area contributed by atoms with E-state index >= 15 is 0 Å². The van der Waals surface area contributed by atoms with E-state index in [2.05, 4.69) is 10.3 Å². The van der Waals surface area contributed by atoms with Gasteiger partial charge >= 0.3 is 12.1 Å². The van der Waals surface area contributed by atoms with Crippen LogP contribution < -0.4 is 5.32 Å². The number of ether oxygens (including phenoxy) is 1. The Morgan fingerprint density at radius 3 is 2.67 bits per heavy atom. The molecule has 1 aliphatic carbocycles. The van der Waals surface area contributed by atoms with Crippen molar-refractivity contribution in [3.63, 3.8) is 0 Å². The second-order valence-electron chi connectivity index (χ2n) is 9.51. The number of nitrogens with zero attached hydrogens (tertiary/aromatic N) is 2. The Hall–Kier alpha value is -2.20. The van der Waals surface area contributed by atoms with E-state index in [-0.39, 0.29) is 24.5 Å². The first-order valence-electron chi connectivity index (χ1n) is 11.5. The van der Waals surface area contributed by atoms with Crippen molar-refractivity contribution in [3.8, 4) is 0 Å². The highest BCUT2D eigenvalue weighted by Gasteiger charge is 2.53. The van der Waals surface area contributed by atoms with Crippen molar-refractivity contribution in [2.75, 3.05) is 19.8 Å². The van der Waals surface area contributed by atoms with E-state index in [0.29, 0.717) is 56.7 Å². The third-order valence-electron chi connectivity index (χ3n) is 7.52. The summed E-state index contributed by atoms with van der Waals surface area (Å²) in [5.41, 5.74) is -0.998. The summed E-state index contributed by atoms with van der Waals surface area (Å²) in [5.74, 6) is -2.21. The standard InChI is InChI=1S/C23H30F3N3O4/c1-14(20(30)31)22(6-2-18(11-22)28-17-4-8-33-9-5-17)21(32)29-7-3-19-15(13-29)10-16(12-27-19)23(24,25)26/h10,12,14,17-18,28H,2-9,11,13H2,1H3,(H,30,31)/t14?,18-,22+/m1/s1. The number of carboxylic acid groups (broad SMARTS) is 1. The molecule has 1 amide bonds. The number of alkyl halides is 3. The lowest BCUT2D eigenvalue weighted by atomic mass is 9.73. The molecule has 3 aliphatic rings. The Balaban J connectivity index is 1.54. The van der Waals surface area contributed by atoms with Gasteiger partial charge in [0.05, 0.1) is 16.9 Å². The maximum Gasteiger partial charge on any atom is 0.417 e. The summed E-state index contributed by atoms with van der Waals surface area (Å²) in [7, 11) is 0. The number of pyridine rings is 1. The minimum Gasteiger partial charge on any atom is -0.481 e. The number of hydrogen-bond donors (Lipinski definition) is 2. The quantitative estimate of drug-likeness (QED) is 0.689. The Morgan fingerprint density at radius 1 is 1.27 bits per heavy atom. The number of fused-ring (bicyclic) bond motifs is 1. The van der Waals surface area contributed by atoms with Gasteiger partial charge in [-0.25, -0.2) is 0 Å². The molecule has 0 radical (unpaired) electrons. The van der Waals surface area contributed by atoms with Gasteiger partial charge < -0.3 is 20.1 Å². The van der Waals surface area contributed by atoms with E-state index in [1.807, 2.05) is 0 Å². The topological polar surface area (TPSA) is 91.8 Å². The molecule has 1 saturated heterocycles. The maximum atomic E-state index is 13.8. The smallest absolute Gasteiger partial charge is 0.417 e. The lowest BCUT2D eigenvalue weighted by molar-refractivity contribution is -0.157. The molecule has 3 atom stereocenters. The first-order valence-corrected chi connectivity index (χ1v) is 11.5. The molecule has 7 nitrogen and oxygen atoms in total. The molecule has 3 heterocycles. The van der Waals surface area contributed by atoms with Crippen LogP contribution in [0.2, 0.25) is 0 Å². The minimum absolute atomic E-state index is 0.0111. The number of rotatable bonds is 5. The molecule has 2 fully saturated rings. The van der Waals surface area contributed by atoms with Gasteiger partial charge in [0, 0.05) is 56.7 Å². The Morgan fingerprint density at radius 2 is 2.00 bits per heavy atom. The number of nitrogens with one attached hydrogen (secondary N) is 1. The Labute approximate surface area is 190 Å². The zero-order chi connectivity index (χ0) is 23.8. The van der Waals surface area contributed by atoms with E-state index in [1.54, 1.807) is 6.92 Å². The number of carbonyl (C=O) groups excluding carboxylic acids is 1. The van der Waals surface area contributed by atoms with Gasteiger partial charge in [-0.2, -0.15) is 13.2 Å². The largest absolute Gasteiger partial charge is 0.481 e. The van der Waals surface area contributed by atoms with Crippen molar-refractivity contribution in [1.82, 2.24) is 15.2 Å². The van der Waals surface area contributed by atoms with Crippen LogP contribution in [0.4, 0.5) is 13.2 Å². The van der Waals surface area contributed by atoms with Gasteiger partial charge in [-0.3, -0.25) is 14.6 Å². The number of hydrogen-bond acceptors (Lipinski definition) is 5. The summed E-state index contributed by atoms with van der Waals surface area (Å²) in [4.78, 5) is 31.2. The van der Waals surface area contributed by atoms with Gasteiger partial charge in [-0.15, -0.1) is 0 Å². The number of halogens is 3. The van der Waals surface area contributed by atoms with E-state index < -0.39 is 29.0 Å². The van der Waals surface area contributed by atoms with Gasteiger partial charge in [0.2, 0.25) is 5.91 Å². The highest BCUT2D eigenvalue weighted by Crippen LogP contribution is 2.47. The van der Waals surface area contributed by atoms with Crippen LogP contribution in [-0.2, 0) is 33.5 Å². The summed E-state index contributed by atoms with van der Waals surface area (Å²) >= 11 is 0. The van der Waals surface area contributed by atoms with Crippen molar-refractivity contribution < 1.29 is 32.6 Å². The molecule has 2 aliphatic heterocycles. The van der Waals surface area contributed by atoms with Crippen LogP contribution in [0.25, 0.3) is 0 Å². The lowest BCUT2D eigenvalue weighted by Crippen LogP contribution is -2.51. The second-order valence-corrected chi connectivity index (χ2v) is 9.51. The molecule has 182 valence electrons. The Kier molecular flexibility index (Phi) is 6.68. The van der Waals surface area contributed by atoms with Gasteiger partial charge in [-0.05, 0) is 43.7 Å². The first-order chi connectivity index (χ1) is 15.6. The molecule has 0 spiro atoms. The normalized spacial score (nSPS) is 27.3. The summed E-state index contributed by atoms with van der Waals surface area (Å²) in [6.07, 6.45) is -0.0564. The zero-order valence-electron chi connectivity index (χ0n) is 18.7. The summed E-state index contributed by atoms with van der Waals surface area (Å²) in [6, 6.07) is 1.36. The van der Waals surface area contributed by atoms with Gasteiger partial charge in [0.15, 0.2) is 0 Å². The predicted octanol–water partition coefficient (Wildman–Crippen LogP) is 3.01. The van der Waals surface area contributed by atoms with E-state index in [0.717, 1.165) is 25.1 Å². The van der Waals surface area contributed by atoms with Gasteiger partial charge in [0.25, 0.3) is 0 Å². The molecule has 2 N–H and O–H groups in total. The van der Waals surface area contributed by atoms with Crippen LogP contribution in [0, 0.1) is 11.3 Å². The number of amides is 1. The highest BCUT2D eigenvalue weighted by molar-refractivity contribution is 5.89. The SMILES string of the molecule is CC(C(=O)O)[C@]1(C(=O)N2CCc3ncc(C(F)(F)F)cc3C2)CC[C@@H](NC2CCOCC2)C1. The molecule has 0 bridgehead atoms. The third-order valence-corrected chi connectivity index (χ3v) is 7.52. The fourth-order valence-electron chi connectivity index (χ4n) is 5.49. The van der Waals surface area contributed by atoms with Crippen LogP contribution >= 0.6 is 0 Å². The highest BCUT2D eigenvalue weighted by atomic mass is 19.4. The van der Waals surface area contributed by atoms with Crippen LogP contribution in [0.3, 0.4) is 0 Å². The van der Waals surface area contributed by atoms with Crippen molar-refractivity contribution in [1.29, 1.82) is 0 Å². The van der Waals surface area contributed by atoms with Crippen LogP contribution in [0.5, 0.6) is 0 Å². The van der Waals surface area contributed by atoms with E-state index in [4.69, 9.17) is 4.74 Å². The Bertz CT molecular complexity index is 903. The molecular formula is C23H30F3N3O4. The molecule has 1 saturated carbocycles. The van der Waals surface area contributed by atoms with Crippen LogP contribution in [0.1, 0.15) is 55.8 Å². The van der Waals surface area contributed by atoms with E-state index in [1.165, 1.54) is 4.90 Å². The molecule has 0 aromatic carbocycles. The monoisotopic (exact) mass is 469 g/mol. The second kappa shape index (κ2) is 9.21. The summed E-state index contributed by atoms with van der Waals surface area (Å²) in [5, 5.41) is 13.4. The van der Waals surface area contributed by atoms with Crippen molar-refractivity contribution in [3.05, 3.63) is 29.1 Å². The average Bonchev–Trinajstić information content (AvgIpc) is 3.22. The predicted molar refractivity (Wildman–Crippen MR) is 112 cm³/mol. The van der Waals surface area contributed by atoms with Gasteiger partial charge in [-0.1, -0.05) is 6.92 Å². The van der Waals surface area contributed by atoms with Gasteiger partial charge in [0.1, 0.15) is 0 Å². The number of carboxylic acids is 1. The van der Waals surface area contributed by atoms with E-state index in [9.17, 15) is 27.9 Å².